The van der Waals surface area contributed by atoms with Crippen LogP contribution in [-0.2, 0) is 11.3 Å². The van der Waals surface area contributed by atoms with E-state index in [1.807, 2.05) is 6.92 Å². The Morgan fingerprint density at radius 2 is 2.24 bits per heavy atom. The van der Waals surface area contributed by atoms with Crippen molar-refractivity contribution in [2.24, 2.45) is 0 Å². The molecule has 0 atom stereocenters. The van der Waals surface area contributed by atoms with Crippen molar-refractivity contribution in [3.8, 4) is 0 Å². The molecule has 0 aliphatic rings. The number of hydrogen-bond donors (Lipinski definition) is 1. The summed E-state index contributed by atoms with van der Waals surface area (Å²) in [5.41, 5.74) is -0.106. The summed E-state index contributed by atoms with van der Waals surface area (Å²) in [7, 11) is 0. The predicted molar refractivity (Wildman–Crippen MR) is 64.7 cm³/mol. The van der Waals surface area contributed by atoms with Crippen LogP contribution in [0.5, 0.6) is 0 Å². The third-order valence-corrected chi connectivity index (χ3v) is 2.57. The quantitative estimate of drug-likeness (QED) is 0.763. The second kappa shape index (κ2) is 6.85. The van der Waals surface area contributed by atoms with Gasteiger partial charge < -0.3 is 14.6 Å². The fourth-order valence-corrected chi connectivity index (χ4v) is 1.60. The standard InChI is InChI=1S/C12H18N2O3/c1-2-13(9-10-15)12(17)6-8-14-7-4-3-5-11(14)16/h3-5,7,15H,2,6,8-10H2,1H3. The molecule has 1 aromatic rings. The summed E-state index contributed by atoms with van der Waals surface area (Å²) >= 11 is 0. The molecule has 17 heavy (non-hydrogen) atoms. The van der Waals surface area contributed by atoms with Gasteiger partial charge in [0.15, 0.2) is 0 Å². The number of aliphatic hydroxyl groups is 1. The summed E-state index contributed by atoms with van der Waals surface area (Å²) in [5.74, 6) is -0.0442. The summed E-state index contributed by atoms with van der Waals surface area (Å²) in [5, 5.41) is 8.80. The van der Waals surface area contributed by atoms with Crippen LogP contribution in [0.3, 0.4) is 0 Å². The van der Waals surface area contributed by atoms with Gasteiger partial charge in [0.05, 0.1) is 6.61 Å². The molecule has 0 aliphatic heterocycles. The van der Waals surface area contributed by atoms with Gasteiger partial charge in [-0.15, -0.1) is 0 Å². The molecule has 1 rings (SSSR count). The monoisotopic (exact) mass is 238 g/mol. The van der Waals surface area contributed by atoms with Gasteiger partial charge in [-0.1, -0.05) is 6.07 Å². The molecule has 0 bridgehead atoms. The summed E-state index contributed by atoms with van der Waals surface area (Å²) in [6, 6.07) is 4.90. The van der Waals surface area contributed by atoms with Crippen molar-refractivity contribution in [3.63, 3.8) is 0 Å². The van der Waals surface area contributed by atoms with Gasteiger partial charge in [0.25, 0.3) is 5.56 Å². The van der Waals surface area contributed by atoms with Crippen molar-refractivity contribution in [1.82, 2.24) is 9.47 Å². The third kappa shape index (κ3) is 4.03. The van der Waals surface area contributed by atoms with Crippen LogP contribution in [0.25, 0.3) is 0 Å². The Hall–Kier alpha value is -1.62. The lowest BCUT2D eigenvalue weighted by Crippen LogP contribution is -2.34. The van der Waals surface area contributed by atoms with Gasteiger partial charge in [0.1, 0.15) is 0 Å². The number of carbonyl (C=O) groups excluding carboxylic acids is 1. The fraction of sp³-hybridized carbons (Fsp3) is 0.500. The fourth-order valence-electron chi connectivity index (χ4n) is 1.60. The number of pyridine rings is 1. The lowest BCUT2D eigenvalue weighted by molar-refractivity contribution is -0.131. The zero-order valence-corrected chi connectivity index (χ0v) is 10.0. The van der Waals surface area contributed by atoms with Crippen LogP contribution in [0.15, 0.2) is 29.2 Å². The van der Waals surface area contributed by atoms with E-state index in [1.54, 1.807) is 23.2 Å². The maximum absolute atomic E-state index is 11.7. The summed E-state index contributed by atoms with van der Waals surface area (Å²) < 4.78 is 1.50. The molecule has 0 fully saturated rings. The van der Waals surface area contributed by atoms with Crippen molar-refractivity contribution in [1.29, 1.82) is 0 Å². The molecule has 94 valence electrons. The average Bonchev–Trinajstić information content (AvgIpc) is 2.34. The highest BCUT2D eigenvalue weighted by Gasteiger charge is 2.10. The number of aryl methyl sites for hydroxylation is 1. The van der Waals surface area contributed by atoms with E-state index in [4.69, 9.17) is 5.11 Å². The molecule has 0 saturated carbocycles. The normalized spacial score (nSPS) is 10.2. The Labute approximate surface area is 100 Å². The Kier molecular flexibility index (Phi) is 5.42. The maximum atomic E-state index is 11.7. The van der Waals surface area contributed by atoms with Crippen LogP contribution in [0.1, 0.15) is 13.3 Å². The summed E-state index contributed by atoms with van der Waals surface area (Å²) in [4.78, 5) is 24.7. The molecular formula is C12H18N2O3. The van der Waals surface area contributed by atoms with Crippen molar-refractivity contribution in [2.75, 3.05) is 19.7 Å². The van der Waals surface area contributed by atoms with Crippen LogP contribution in [-0.4, -0.2) is 40.2 Å². The number of likely N-dealkylation sites (N-methyl/N-ethyl adjacent to an activating group) is 1. The topological polar surface area (TPSA) is 62.5 Å². The van der Waals surface area contributed by atoms with E-state index in [0.29, 0.717) is 19.6 Å². The lowest BCUT2D eigenvalue weighted by atomic mass is 10.3. The number of nitrogens with zero attached hydrogens (tertiary/aromatic N) is 2. The smallest absolute Gasteiger partial charge is 0.250 e. The zero-order valence-electron chi connectivity index (χ0n) is 10.0. The Balaban J connectivity index is 2.53. The van der Waals surface area contributed by atoms with Gasteiger partial charge in [0.2, 0.25) is 5.91 Å². The molecule has 5 nitrogen and oxygen atoms in total. The van der Waals surface area contributed by atoms with Gasteiger partial charge in [-0.05, 0) is 13.0 Å². The molecule has 1 aromatic heterocycles. The van der Waals surface area contributed by atoms with Crippen LogP contribution in [0, 0.1) is 0 Å². The first-order valence-electron chi connectivity index (χ1n) is 5.73. The van der Waals surface area contributed by atoms with Crippen molar-refractivity contribution in [2.45, 2.75) is 19.9 Å². The number of carbonyl (C=O) groups is 1. The molecular weight excluding hydrogens is 220 g/mol. The highest BCUT2D eigenvalue weighted by atomic mass is 16.3. The molecule has 1 heterocycles. The molecule has 0 aromatic carbocycles. The molecule has 0 spiro atoms. The minimum atomic E-state index is -0.106. The average molecular weight is 238 g/mol. The van der Waals surface area contributed by atoms with Crippen molar-refractivity contribution >= 4 is 5.91 Å². The van der Waals surface area contributed by atoms with Crippen LogP contribution >= 0.6 is 0 Å². The van der Waals surface area contributed by atoms with E-state index in [2.05, 4.69) is 0 Å². The summed E-state index contributed by atoms with van der Waals surface area (Å²) in [6.45, 7) is 3.12. The van der Waals surface area contributed by atoms with Gasteiger partial charge in [-0.3, -0.25) is 9.59 Å². The van der Waals surface area contributed by atoms with Gasteiger partial charge in [0, 0.05) is 38.3 Å². The van der Waals surface area contributed by atoms with E-state index >= 15 is 0 Å². The number of rotatable bonds is 6. The number of aliphatic hydroxyl groups excluding tert-OH is 1. The lowest BCUT2D eigenvalue weighted by Gasteiger charge is -2.19. The first kappa shape index (κ1) is 13.4. The zero-order chi connectivity index (χ0) is 12.7. The van der Waals surface area contributed by atoms with Crippen molar-refractivity contribution in [3.05, 3.63) is 34.7 Å². The maximum Gasteiger partial charge on any atom is 0.250 e. The second-order valence-corrected chi connectivity index (χ2v) is 3.68. The molecule has 0 aliphatic carbocycles. The van der Waals surface area contributed by atoms with E-state index in [9.17, 15) is 9.59 Å². The van der Waals surface area contributed by atoms with Crippen LogP contribution in [0.2, 0.25) is 0 Å². The van der Waals surface area contributed by atoms with E-state index in [1.165, 1.54) is 10.6 Å². The minimum Gasteiger partial charge on any atom is -0.395 e. The highest BCUT2D eigenvalue weighted by Crippen LogP contribution is 1.96. The summed E-state index contributed by atoms with van der Waals surface area (Å²) in [6.07, 6.45) is 1.94. The van der Waals surface area contributed by atoms with Crippen LogP contribution in [0.4, 0.5) is 0 Å². The largest absolute Gasteiger partial charge is 0.395 e. The minimum absolute atomic E-state index is 0.0368. The van der Waals surface area contributed by atoms with E-state index in [-0.39, 0.29) is 24.5 Å². The Morgan fingerprint density at radius 3 is 2.82 bits per heavy atom. The molecule has 1 N–H and O–H groups in total. The van der Waals surface area contributed by atoms with Crippen LogP contribution < -0.4 is 5.56 Å². The van der Waals surface area contributed by atoms with Gasteiger partial charge >= 0.3 is 0 Å². The van der Waals surface area contributed by atoms with Gasteiger partial charge in [-0.2, -0.15) is 0 Å². The molecule has 0 saturated heterocycles. The Bertz CT molecular complexity index is 414. The van der Waals surface area contributed by atoms with Crippen molar-refractivity contribution < 1.29 is 9.90 Å². The van der Waals surface area contributed by atoms with Gasteiger partial charge in [-0.25, -0.2) is 0 Å². The van der Waals surface area contributed by atoms with E-state index < -0.39 is 0 Å². The second-order valence-electron chi connectivity index (χ2n) is 3.68. The number of aromatic nitrogens is 1. The Morgan fingerprint density at radius 1 is 1.47 bits per heavy atom. The predicted octanol–water partition coefficient (Wildman–Crippen LogP) is 0.0792. The highest BCUT2D eigenvalue weighted by molar-refractivity contribution is 5.76. The number of amides is 1. The SMILES string of the molecule is CCN(CCO)C(=O)CCn1ccccc1=O. The first-order valence-corrected chi connectivity index (χ1v) is 5.73. The van der Waals surface area contributed by atoms with E-state index in [0.717, 1.165) is 0 Å². The molecule has 0 unspecified atom stereocenters. The first-order chi connectivity index (χ1) is 8.19. The molecule has 1 amide bonds. The third-order valence-electron chi connectivity index (χ3n) is 2.57. The molecule has 0 radical (unpaired) electrons. The number of hydrogen-bond acceptors (Lipinski definition) is 3. The molecule has 5 heteroatoms.